The van der Waals surface area contributed by atoms with Gasteiger partial charge in [-0.25, -0.2) is 13.2 Å². The number of hydroxylamine groups is 1. The van der Waals surface area contributed by atoms with Crippen molar-refractivity contribution in [3.63, 3.8) is 0 Å². The molecule has 0 saturated carbocycles. The van der Waals surface area contributed by atoms with Gasteiger partial charge in [-0.1, -0.05) is 34.8 Å². The molecule has 0 spiro atoms. The van der Waals surface area contributed by atoms with E-state index in [-0.39, 0.29) is 11.5 Å². The number of nitrogens with one attached hydrogen (secondary N) is 1. The molecule has 0 fully saturated rings. The third-order valence-corrected chi connectivity index (χ3v) is 4.90. The number of carbonyl (C=O) groups is 1. The molecular formula is C16H18N2O5S. The SMILES string of the molecule is CON(C)S(=O)(=O)c1ccc(NC(=O)OCc2ccccc2)cc1. The summed E-state index contributed by atoms with van der Waals surface area (Å²) < 4.78 is 29.9. The summed E-state index contributed by atoms with van der Waals surface area (Å²) in [5.74, 6) is 0. The van der Waals surface area contributed by atoms with Crippen LogP contribution in [0.5, 0.6) is 0 Å². The predicted molar refractivity (Wildman–Crippen MR) is 88.6 cm³/mol. The van der Waals surface area contributed by atoms with E-state index in [1.165, 1.54) is 38.4 Å². The molecule has 1 amide bonds. The van der Waals surface area contributed by atoms with Crippen LogP contribution in [0.3, 0.4) is 0 Å². The third-order valence-electron chi connectivity index (χ3n) is 3.21. The molecule has 0 bridgehead atoms. The second-order valence-corrected chi connectivity index (χ2v) is 6.74. The fraction of sp³-hybridized carbons (Fsp3) is 0.188. The molecule has 2 rings (SSSR count). The maximum absolute atomic E-state index is 12.0. The minimum Gasteiger partial charge on any atom is -0.444 e. The molecule has 1 N–H and O–H groups in total. The molecule has 7 nitrogen and oxygen atoms in total. The van der Waals surface area contributed by atoms with E-state index in [0.29, 0.717) is 5.69 Å². The minimum absolute atomic E-state index is 0.0510. The van der Waals surface area contributed by atoms with E-state index in [0.717, 1.165) is 10.0 Å². The zero-order valence-corrected chi connectivity index (χ0v) is 14.1. The Hall–Kier alpha value is -2.42. The monoisotopic (exact) mass is 350 g/mol. The fourth-order valence-electron chi connectivity index (χ4n) is 1.83. The van der Waals surface area contributed by atoms with Gasteiger partial charge in [-0.15, -0.1) is 0 Å². The van der Waals surface area contributed by atoms with E-state index < -0.39 is 16.1 Å². The van der Waals surface area contributed by atoms with Crippen molar-refractivity contribution in [2.24, 2.45) is 0 Å². The Morgan fingerprint density at radius 2 is 1.71 bits per heavy atom. The Balaban J connectivity index is 1.95. The number of benzene rings is 2. The normalized spacial score (nSPS) is 11.3. The number of hydrogen-bond acceptors (Lipinski definition) is 5. The fourth-order valence-corrected chi connectivity index (χ4v) is 2.81. The summed E-state index contributed by atoms with van der Waals surface area (Å²) in [6.07, 6.45) is -0.622. The van der Waals surface area contributed by atoms with Crippen molar-refractivity contribution in [1.82, 2.24) is 4.47 Å². The molecule has 2 aromatic carbocycles. The van der Waals surface area contributed by atoms with Gasteiger partial charge in [0.25, 0.3) is 10.0 Å². The highest BCUT2D eigenvalue weighted by atomic mass is 32.2. The summed E-state index contributed by atoms with van der Waals surface area (Å²) in [6, 6.07) is 15.0. The molecule has 0 radical (unpaired) electrons. The van der Waals surface area contributed by atoms with Gasteiger partial charge in [0.15, 0.2) is 0 Å². The lowest BCUT2D eigenvalue weighted by Crippen LogP contribution is -2.25. The molecule has 0 aliphatic carbocycles. The number of sulfonamides is 1. The second kappa shape index (κ2) is 7.91. The summed E-state index contributed by atoms with van der Waals surface area (Å²) in [4.78, 5) is 16.5. The van der Waals surface area contributed by atoms with Crippen LogP contribution in [-0.4, -0.2) is 33.1 Å². The average molecular weight is 350 g/mol. The van der Waals surface area contributed by atoms with Crippen molar-refractivity contribution in [3.8, 4) is 0 Å². The molecule has 0 heterocycles. The number of amides is 1. The molecule has 0 aliphatic heterocycles. The van der Waals surface area contributed by atoms with Crippen LogP contribution in [0.2, 0.25) is 0 Å². The van der Waals surface area contributed by atoms with Gasteiger partial charge in [-0.3, -0.25) is 10.2 Å². The Morgan fingerprint density at radius 3 is 2.29 bits per heavy atom. The smallest absolute Gasteiger partial charge is 0.411 e. The first-order valence-corrected chi connectivity index (χ1v) is 8.48. The lowest BCUT2D eigenvalue weighted by molar-refractivity contribution is -0.0258. The molecular weight excluding hydrogens is 332 g/mol. The largest absolute Gasteiger partial charge is 0.444 e. The minimum atomic E-state index is -3.71. The van der Waals surface area contributed by atoms with Gasteiger partial charge in [0.2, 0.25) is 0 Å². The zero-order chi connectivity index (χ0) is 17.6. The summed E-state index contributed by atoms with van der Waals surface area (Å²) in [7, 11) is -1.16. The van der Waals surface area contributed by atoms with Crippen LogP contribution < -0.4 is 5.32 Å². The standard InChI is InChI=1S/C16H18N2O5S/c1-18(22-2)24(20,21)15-10-8-14(9-11-15)17-16(19)23-12-13-6-4-3-5-7-13/h3-11H,12H2,1-2H3,(H,17,19). The van der Waals surface area contributed by atoms with E-state index >= 15 is 0 Å². The third kappa shape index (κ3) is 4.54. The molecule has 0 saturated heterocycles. The van der Waals surface area contributed by atoms with Gasteiger partial charge in [0.05, 0.1) is 12.0 Å². The summed E-state index contributed by atoms with van der Waals surface area (Å²) >= 11 is 0. The topological polar surface area (TPSA) is 84.9 Å². The van der Waals surface area contributed by atoms with Crippen molar-refractivity contribution >= 4 is 21.8 Å². The van der Waals surface area contributed by atoms with Crippen molar-refractivity contribution in [1.29, 1.82) is 0 Å². The van der Waals surface area contributed by atoms with Crippen molar-refractivity contribution in [3.05, 3.63) is 60.2 Å². The van der Waals surface area contributed by atoms with Gasteiger partial charge in [-0.05, 0) is 29.8 Å². The molecule has 128 valence electrons. The molecule has 0 aliphatic rings. The van der Waals surface area contributed by atoms with E-state index in [9.17, 15) is 13.2 Å². The highest BCUT2D eigenvalue weighted by Crippen LogP contribution is 2.17. The van der Waals surface area contributed by atoms with Gasteiger partial charge in [-0.2, -0.15) is 0 Å². The maximum atomic E-state index is 12.0. The van der Waals surface area contributed by atoms with Gasteiger partial charge >= 0.3 is 6.09 Å². The van der Waals surface area contributed by atoms with Crippen LogP contribution in [-0.2, 0) is 26.2 Å². The van der Waals surface area contributed by atoms with E-state index in [1.807, 2.05) is 30.3 Å². The number of carbonyl (C=O) groups excluding carboxylic acids is 1. The molecule has 0 aromatic heterocycles. The molecule has 0 unspecified atom stereocenters. The lowest BCUT2D eigenvalue weighted by atomic mass is 10.2. The van der Waals surface area contributed by atoms with E-state index in [4.69, 9.17) is 9.57 Å². The van der Waals surface area contributed by atoms with Crippen LogP contribution in [0, 0.1) is 0 Å². The summed E-state index contributed by atoms with van der Waals surface area (Å²) in [6.45, 7) is 0.151. The second-order valence-electron chi connectivity index (χ2n) is 4.81. The Labute approximate surface area is 140 Å². The Kier molecular flexibility index (Phi) is 5.91. The average Bonchev–Trinajstić information content (AvgIpc) is 2.60. The first-order chi connectivity index (χ1) is 11.4. The van der Waals surface area contributed by atoms with Gasteiger partial charge < -0.3 is 4.74 Å². The van der Waals surface area contributed by atoms with Gasteiger partial charge in [0.1, 0.15) is 6.61 Å². The van der Waals surface area contributed by atoms with Crippen LogP contribution in [0.25, 0.3) is 0 Å². The lowest BCUT2D eigenvalue weighted by Gasteiger charge is -2.14. The molecule has 24 heavy (non-hydrogen) atoms. The predicted octanol–water partition coefficient (Wildman–Crippen LogP) is 2.62. The first-order valence-electron chi connectivity index (χ1n) is 7.04. The van der Waals surface area contributed by atoms with Crippen molar-refractivity contribution in [2.75, 3.05) is 19.5 Å². The van der Waals surface area contributed by atoms with E-state index in [2.05, 4.69) is 5.32 Å². The van der Waals surface area contributed by atoms with Crippen molar-refractivity contribution in [2.45, 2.75) is 11.5 Å². The van der Waals surface area contributed by atoms with Crippen LogP contribution >= 0.6 is 0 Å². The molecule has 0 atom stereocenters. The number of rotatable bonds is 6. The van der Waals surface area contributed by atoms with Crippen LogP contribution in [0.1, 0.15) is 5.56 Å². The van der Waals surface area contributed by atoms with Crippen LogP contribution in [0.4, 0.5) is 10.5 Å². The van der Waals surface area contributed by atoms with E-state index in [1.54, 1.807) is 0 Å². The maximum Gasteiger partial charge on any atom is 0.411 e. The van der Waals surface area contributed by atoms with Crippen molar-refractivity contribution < 1.29 is 22.8 Å². The number of anilines is 1. The number of hydrogen-bond donors (Lipinski definition) is 1. The van der Waals surface area contributed by atoms with Crippen LogP contribution in [0.15, 0.2) is 59.5 Å². The highest BCUT2D eigenvalue weighted by molar-refractivity contribution is 7.89. The summed E-state index contributed by atoms with van der Waals surface area (Å²) in [5.41, 5.74) is 1.30. The summed E-state index contributed by atoms with van der Waals surface area (Å²) in [5, 5.41) is 2.53. The molecule has 8 heteroatoms. The zero-order valence-electron chi connectivity index (χ0n) is 13.3. The highest BCUT2D eigenvalue weighted by Gasteiger charge is 2.20. The van der Waals surface area contributed by atoms with Gasteiger partial charge in [0, 0.05) is 12.7 Å². The first kappa shape index (κ1) is 17.9. The Bertz CT molecular complexity index is 776. The number of nitrogens with zero attached hydrogens (tertiary/aromatic N) is 1. The quantitative estimate of drug-likeness (QED) is 0.810. The number of ether oxygens (including phenoxy) is 1. The Morgan fingerprint density at radius 1 is 1.08 bits per heavy atom. The molecule has 2 aromatic rings.